The van der Waals surface area contributed by atoms with Gasteiger partial charge in [0.25, 0.3) is 0 Å². The van der Waals surface area contributed by atoms with Gasteiger partial charge in [0.05, 0.1) is 31.1 Å². The number of rotatable bonds is 13. The van der Waals surface area contributed by atoms with Gasteiger partial charge in [-0.15, -0.1) is 5.10 Å². The normalized spacial score (nSPS) is 17.2. The molecule has 12 nitrogen and oxygen atoms in total. The molecule has 1 aromatic heterocycles. The number of carbonyl (C=O) groups excluding carboxylic acids is 2. The molecule has 1 fully saturated rings. The van der Waals surface area contributed by atoms with Crippen LogP contribution < -0.4 is 10.6 Å². The zero-order valence-electron chi connectivity index (χ0n) is 27.5. The second-order valence-corrected chi connectivity index (χ2v) is 12.5. The third-order valence-electron chi connectivity index (χ3n) is 8.05. The van der Waals surface area contributed by atoms with E-state index in [2.05, 4.69) is 26.2 Å². The van der Waals surface area contributed by atoms with Gasteiger partial charge in [-0.25, -0.2) is 4.79 Å². The van der Waals surface area contributed by atoms with E-state index in [1.54, 1.807) is 11.6 Å². The SMILES string of the molecule is CCOC(=O)CNC(=O)NCc1cccc(-c2ccc(C3OC(CSc4nnnn4-c4ccccc4)CC(c4ccc(CO)cc4)O3)cc2)c1. The topological polar surface area (TPSA) is 150 Å². The predicted octanol–water partition coefficient (Wildman–Crippen LogP) is 5.52. The van der Waals surface area contributed by atoms with Crippen LogP contribution in [-0.4, -0.2) is 62.3 Å². The fraction of sp³-hybridized carbons (Fsp3) is 0.270. The van der Waals surface area contributed by atoms with E-state index in [1.165, 1.54) is 11.8 Å². The molecular weight excluding hydrogens is 657 g/mol. The van der Waals surface area contributed by atoms with Crippen molar-refractivity contribution in [1.29, 1.82) is 0 Å². The molecule has 3 unspecified atom stereocenters. The highest BCUT2D eigenvalue weighted by Gasteiger charge is 2.32. The standard InChI is InChI=1S/C37H38N6O6S/c1-2-47-34(45)22-39-36(46)38-21-26-7-6-8-30(19-26)27-15-17-29(18-16-27)35-48-32(20-33(49-35)28-13-11-25(23-44)12-14-28)24-50-37-40-41-42-43(37)31-9-4-3-5-10-31/h3-19,32-33,35,44H,2,20-24H2,1H3,(H2,38,39,46). The van der Waals surface area contributed by atoms with Crippen molar-refractivity contribution < 1.29 is 28.9 Å². The average Bonchev–Trinajstić information content (AvgIpc) is 3.65. The molecule has 0 spiro atoms. The Morgan fingerprint density at radius 1 is 0.900 bits per heavy atom. The summed E-state index contributed by atoms with van der Waals surface area (Å²) in [5, 5.41) is 27.8. The predicted molar refractivity (Wildman–Crippen MR) is 187 cm³/mol. The van der Waals surface area contributed by atoms with Crippen LogP contribution in [0.5, 0.6) is 0 Å². The fourth-order valence-electron chi connectivity index (χ4n) is 5.49. The first-order valence-electron chi connectivity index (χ1n) is 16.3. The lowest BCUT2D eigenvalue weighted by Gasteiger charge is -2.36. The van der Waals surface area contributed by atoms with E-state index < -0.39 is 18.3 Å². The van der Waals surface area contributed by atoms with Crippen molar-refractivity contribution >= 4 is 23.8 Å². The molecule has 4 aromatic carbocycles. The van der Waals surface area contributed by atoms with E-state index in [9.17, 15) is 14.7 Å². The van der Waals surface area contributed by atoms with Gasteiger partial charge in [0.15, 0.2) is 6.29 Å². The zero-order chi connectivity index (χ0) is 34.7. The third kappa shape index (κ3) is 9.12. The number of nitrogens with zero attached hydrogens (tertiary/aromatic N) is 4. The van der Waals surface area contributed by atoms with Crippen LogP contribution in [-0.2, 0) is 32.2 Å². The molecule has 5 aromatic rings. The summed E-state index contributed by atoms with van der Waals surface area (Å²) in [6.45, 7) is 2.06. The molecule has 1 saturated heterocycles. The number of benzene rings is 4. The van der Waals surface area contributed by atoms with E-state index >= 15 is 0 Å². The number of thioether (sulfide) groups is 1. The number of hydrogen-bond acceptors (Lipinski definition) is 10. The molecule has 0 bridgehead atoms. The van der Waals surface area contributed by atoms with Crippen molar-refractivity contribution in [2.75, 3.05) is 18.9 Å². The summed E-state index contributed by atoms with van der Waals surface area (Å²) < 4.78 is 19.6. The summed E-state index contributed by atoms with van der Waals surface area (Å²) in [4.78, 5) is 23.6. The Morgan fingerprint density at radius 2 is 1.68 bits per heavy atom. The van der Waals surface area contributed by atoms with Gasteiger partial charge >= 0.3 is 12.0 Å². The number of aliphatic hydroxyl groups excluding tert-OH is 1. The number of carbonyl (C=O) groups is 2. The minimum atomic E-state index is -0.611. The molecule has 0 aliphatic carbocycles. The van der Waals surface area contributed by atoms with Crippen LogP contribution in [0.25, 0.3) is 16.8 Å². The maximum Gasteiger partial charge on any atom is 0.325 e. The number of ether oxygens (including phenoxy) is 3. The number of aliphatic hydroxyl groups is 1. The number of aromatic nitrogens is 4. The van der Waals surface area contributed by atoms with E-state index in [1.807, 2.05) is 103 Å². The van der Waals surface area contributed by atoms with Crippen molar-refractivity contribution in [1.82, 2.24) is 30.8 Å². The van der Waals surface area contributed by atoms with Crippen molar-refractivity contribution in [3.05, 3.63) is 125 Å². The number of para-hydroxylation sites is 1. The summed E-state index contributed by atoms with van der Waals surface area (Å²) >= 11 is 1.53. The number of amides is 2. The van der Waals surface area contributed by atoms with Crippen LogP contribution in [0.3, 0.4) is 0 Å². The summed E-state index contributed by atoms with van der Waals surface area (Å²) in [7, 11) is 0. The Morgan fingerprint density at radius 3 is 2.44 bits per heavy atom. The molecule has 6 rings (SSSR count). The van der Waals surface area contributed by atoms with Crippen LogP contribution in [0, 0.1) is 0 Å². The highest BCUT2D eigenvalue weighted by Crippen LogP contribution is 2.40. The molecule has 2 amide bonds. The largest absolute Gasteiger partial charge is 0.465 e. The van der Waals surface area contributed by atoms with Crippen LogP contribution in [0.15, 0.2) is 108 Å². The molecule has 50 heavy (non-hydrogen) atoms. The van der Waals surface area contributed by atoms with E-state index in [-0.39, 0.29) is 32.0 Å². The van der Waals surface area contributed by atoms with Crippen molar-refractivity contribution in [2.24, 2.45) is 0 Å². The number of esters is 1. The van der Waals surface area contributed by atoms with Gasteiger partial charge < -0.3 is 30.0 Å². The lowest BCUT2D eigenvalue weighted by Crippen LogP contribution is -2.38. The Balaban J connectivity index is 1.13. The zero-order valence-corrected chi connectivity index (χ0v) is 28.3. The third-order valence-corrected chi connectivity index (χ3v) is 9.10. The van der Waals surface area contributed by atoms with Crippen LogP contribution >= 0.6 is 11.8 Å². The van der Waals surface area contributed by atoms with E-state index in [0.717, 1.165) is 39.1 Å². The molecule has 258 valence electrons. The van der Waals surface area contributed by atoms with Crippen LogP contribution in [0.1, 0.15) is 48.0 Å². The van der Waals surface area contributed by atoms with Gasteiger partial charge in [-0.1, -0.05) is 96.7 Å². The maximum absolute atomic E-state index is 12.1. The quantitative estimate of drug-likeness (QED) is 0.106. The lowest BCUT2D eigenvalue weighted by molar-refractivity contribution is -0.245. The number of hydrogen-bond donors (Lipinski definition) is 3. The monoisotopic (exact) mass is 694 g/mol. The van der Waals surface area contributed by atoms with Gasteiger partial charge in [0.1, 0.15) is 6.54 Å². The molecule has 13 heteroatoms. The highest BCUT2D eigenvalue weighted by atomic mass is 32.2. The molecular formula is C37H38N6O6S. The van der Waals surface area contributed by atoms with E-state index in [0.29, 0.717) is 23.9 Å². The van der Waals surface area contributed by atoms with Crippen LogP contribution in [0.2, 0.25) is 0 Å². The molecule has 1 aliphatic rings. The maximum atomic E-state index is 12.1. The van der Waals surface area contributed by atoms with Crippen LogP contribution in [0.4, 0.5) is 4.79 Å². The first kappa shape index (κ1) is 34.8. The van der Waals surface area contributed by atoms with Crippen molar-refractivity contribution in [3.63, 3.8) is 0 Å². The molecule has 2 heterocycles. The summed E-state index contributed by atoms with van der Waals surface area (Å²) in [6, 6.07) is 33.1. The average molecular weight is 695 g/mol. The molecule has 3 atom stereocenters. The minimum absolute atomic E-state index is 0.0227. The van der Waals surface area contributed by atoms with Gasteiger partial charge in [0, 0.05) is 24.3 Å². The number of urea groups is 1. The fourth-order valence-corrected chi connectivity index (χ4v) is 6.40. The lowest BCUT2D eigenvalue weighted by atomic mass is 9.99. The molecule has 0 radical (unpaired) electrons. The van der Waals surface area contributed by atoms with Gasteiger partial charge in [-0.2, -0.15) is 4.68 Å². The van der Waals surface area contributed by atoms with E-state index in [4.69, 9.17) is 14.2 Å². The second-order valence-electron chi connectivity index (χ2n) is 11.5. The Hall–Kier alpha value is -5.08. The summed E-state index contributed by atoms with van der Waals surface area (Å²) in [5.74, 6) is 0.124. The Kier molecular flexibility index (Phi) is 11.8. The molecule has 1 aliphatic heterocycles. The van der Waals surface area contributed by atoms with Gasteiger partial charge in [0.2, 0.25) is 5.16 Å². The molecule has 3 N–H and O–H groups in total. The first-order valence-corrected chi connectivity index (χ1v) is 17.3. The smallest absolute Gasteiger partial charge is 0.325 e. The number of tetrazole rings is 1. The highest BCUT2D eigenvalue weighted by molar-refractivity contribution is 7.99. The second kappa shape index (κ2) is 17.0. The van der Waals surface area contributed by atoms with Gasteiger partial charge in [-0.3, -0.25) is 4.79 Å². The first-order chi connectivity index (χ1) is 24.5. The van der Waals surface area contributed by atoms with Gasteiger partial charge in [-0.05, 0) is 63.4 Å². The summed E-state index contributed by atoms with van der Waals surface area (Å²) in [5.41, 5.74) is 6.50. The minimum Gasteiger partial charge on any atom is -0.465 e. The summed E-state index contributed by atoms with van der Waals surface area (Å²) in [6.07, 6.45) is -0.370. The van der Waals surface area contributed by atoms with Crippen molar-refractivity contribution in [2.45, 2.75) is 50.2 Å². The Labute approximate surface area is 294 Å². The number of nitrogens with one attached hydrogen (secondary N) is 2. The van der Waals surface area contributed by atoms with Crippen molar-refractivity contribution in [3.8, 4) is 16.8 Å². The molecule has 0 saturated carbocycles. The Bertz CT molecular complexity index is 1850.